The normalized spacial score (nSPS) is 41.5. The van der Waals surface area contributed by atoms with Crippen molar-refractivity contribution in [2.75, 3.05) is 6.54 Å². The average Bonchev–Trinajstić information content (AvgIpc) is 2.97. The molecule has 3 rings (SSSR count). The maximum Gasteiger partial charge on any atom is 0.100 e. The smallest absolute Gasteiger partial charge is 0.100 e. The maximum absolute atomic E-state index is 5.73. The molecule has 0 aromatic carbocycles. The lowest BCUT2D eigenvalue weighted by atomic mass is 9.83. The molecule has 0 bridgehead atoms. The summed E-state index contributed by atoms with van der Waals surface area (Å²) in [5, 5.41) is 3.61. The minimum absolute atomic E-state index is 0.577. The molecule has 3 nitrogen and oxygen atoms in total. The van der Waals surface area contributed by atoms with Crippen LogP contribution in [0, 0.1) is 11.8 Å². The fourth-order valence-electron chi connectivity index (χ4n) is 2.75. The van der Waals surface area contributed by atoms with E-state index < -0.39 is 0 Å². The van der Waals surface area contributed by atoms with Gasteiger partial charge >= 0.3 is 0 Å². The number of amidine groups is 1. The summed E-state index contributed by atoms with van der Waals surface area (Å²) in [7, 11) is 0. The minimum Gasteiger partial charge on any atom is -0.369 e. The fourth-order valence-corrected chi connectivity index (χ4v) is 2.75. The van der Waals surface area contributed by atoms with E-state index in [9.17, 15) is 0 Å². The first kappa shape index (κ1) is 8.72. The van der Waals surface area contributed by atoms with E-state index in [-0.39, 0.29) is 0 Å². The van der Waals surface area contributed by atoms with Crippen molar-refractivity contribution in [1.82, 2.24) is 5.32 Å². The van der Waals surface area contributed by atoms with E-state index in [1.54, 1.807) is 0 Å². The third-order valence-corrected chi connectivity index (χ3v) is 3.86. The minimum atomic E-state index is 0.577. The van der Waals surface area contributed by atoms with Gasteiger partial charge in [0.2, 0.25) is 0 Å². The fraction of sp³-hybridized carbons (Fsp3) is 0.909. The monoisotopic (exact) mass is 193 g/mol. The largest absolute Gasteiger partial charge is 0.369 e. The Morgan fingerprint density at radius 1 is 1.29 bits per heavy atom. The van der Waals surface area contributed by atoms with E-state index in [0.29, 0.717) is 12.1 Å². The molecule has 1 aliphatic heterocycles. The molecule has 14 heavy (non-hydrogen) atoms. The molecule has 0 saturated heterocycles. The van der Waals surface area contributed by atoms with E-state index in [1.165, 1.54) is 37.9 Å². The summed E-state index contributed by atoms with van der Waals surface area (Å²) in [4.78, 5) is 4.81. The quantitative estimate of drug-likeness (QED) is 0.684. The van der Waals surface area contributed by atoms with Crippen LogP contribution in [-0.2, 0) is 0 Å². The van der Waals surface area contributed by atoms with Gasteiger partial charge in [0.05, 0.1) is 6.04 Å². The summed E-state index contributed by atoms with van der Waals surface area (Å²) in [6.07, 6.45) is 6.47. The predicted molar refractivity (Wildman–Crippen MR) is 57.3 cm³/mol. The Labute approximate surface area is 85.2 Å². The van der Waals surface area contributed by atoms with Crippen molar-refractivity contribution < 1.29 is 0 Å². The lowest BCUT2D eigenvalue weighted by Gasteiger charge is -2.29. The maximum atomic E-state index is 5.73. The average molecular weight is 193 g/mol. The summed E-state index contributed by atoms with van der Waals surface area (Å²) < 4.78 is 0. The third-order valence-electron chi connectivity index (χ3n) is 3.86. The summed E-state index contributed by atoms with van der Waals surface area (Å²) in [6, 6.07) is 1.20. The zero-order valence-corrected chi connectivity index (χ0v) is 8.58. The van der Waals surface area contributed by atoms with Crippen LogP contribution in [0.5, 0.6) is 0 Å². The Hall–Kier alpha value is -0.570. The topological polar surface area (TPSA) is 50.4 Å². The summed E-state index contributed by atoms with van der Waals surface area (Å²) >= 11 is 0. The van der Waals surface area contributed by atoms with Crippen LogP contribution < -0.4 is 11.1 Å². The van der Waals surface area contributed by atoms with Gasteiger partial charge in [-0.3, -0.25) is 4.99 Å². The van der Waals surface area contributed by atoms with Gasteiger partial charge in [-0.1, -0.05) is 0 Å². The molecule has 0 aromatic heterocycles. The standard InChI is InChI=1S/C11H19N3/c12-6-7-1-4-9-10(5-7)14-11(13-9)8-2-3-8/h7-10H,1-6,12H2,(H,13,14). The molecule has 3 N–H and O–H groups in total. The highest BCUT2D eigenvalue weighted by Crippen LogP contribution is 2.36. The predicted octanol–water partition coefficient (Wildman–Crippen LogP) is 0.894. The molecule has 2 saturated carbocycles. The van der Waals surface area contributed by atoms with Gasteiger partial charge in [0.1, 0.15) is 5.84 Å². The van der Waals surface area contributed by atoms with Crippen LogP contribution in [0.1, 0.15) is 32.1 Å². The number of nitrogens with one attached hydrogen (secondary N) is 1. The molecule has 3 unspecified atom stereocenters. The first-order chi connectivity index (χ1) is 6.86. The first-order valence-electron chi connectivity index (χ1n) is 5.91. The molecule has 0 amide bonds. The van der Waals surface area contributed by atoms with Gasteiger partial charge in [-0.05, 0) is 44.6 Å². The van der Waals surface area contributed by atoms with Crippen molar-refractivity contribution in [1.29, 1.82) is 0 Å². The highest BCUT2D eigenvalue weighted by molar-refractivity contribution is 5.88. The highest BCUT2D eigenvalue weighted by atomic mass is 15.1. The second kappa shape index (κ2) is 3.23. The van der Waals surface area contributed by atoms with Gasteiger partial charge < -0.3 is 11.1 Å². The zero-order valence-electron chi connectivity index (χ0n) is 8.58. The van der Waals surface area contributed by atoms with Crippen molar-refractivity contribution in [2.24, 2.45) is 22.6 Å². The number of nitrogens with zero attached hydrogens (tertiary/aromatic N) is 1. The molecule has 0 spiro atoms. The van der Waals surface area contributed by atoms with Gasteiger partial charge in [-0.15, -0.1) is 0 Å². The van der Waals surface area contributed by atoms with Crippen molar-refractivity contribution in [3.8, 4) is 0 Å². The Balaban J connectivity index is 1.66. The van der Waals surface area contributed by atoms with Crippen LogP contribution in [0.4, 0.5) is 0 Å². The molecule has 2 fully saturated rings. The van der Waals surface area contributed by atoms with Crippen molar-refractivity contribution in [2.45, 2.75) is 44.2 Å². The molecule has 0 aromatic rings. The van der Waals surface area contributed by atoms with Crippen molar-refractivity contribution in [3.05, 3.63) is 0 Å². The summed E-state index contributed by atoms with van der Waals surface area (Å²) in [5.74, 6) is 2.84. The van der Waals surface area contributed by atoms with Crippen LogP contribution in [0.25, 0.3) is 0 Å². The molecule has 1 heterocycles. The molecule has 3 aliphatic rings. The Morgan fingerprint density at radius 2 is 2.14 bits per heavy atom. The second-order valence-corrected chi connectivity index (χ2v) is 5.02. The molecule has 78 valence electrons. The zero-order chi connectivity index (χ0) is 9.54. The molecule has 3 atom stereocenters. The van der Waals surface area contributed by atoms with E-state index in [0.717, 1.165) is 18.4 Å². The van der Waals surface area contributed by atoms with Gasteiger partial charge in [-0.25, -0.2) is 0 Å². The Bertz CT molecular complexity index is 257. The van der Waals surface area contributed by atoms with Crippen molar-refractivity contribution >= 4 is 5.84 Å². The van der Waals surface area contributed by atoms with E-state index in [1.807, 2.05) is 0 Å². The Morgan fingerprint density at radius 3 is 2.86 bits per heavy atom. The summed E-state index contributed by atoms with van der Waals surface area (Å²) in [6.45, 7) is 0.851. The number of fused-ring (bicyclic) bond motifs is 1. The molecule has 0 radical (unpaired) electrons. The van der Waals surface area contributed by atoms with Crippen LogP contribution in [0.15, 0.2) is 4.99 Å². The van der Waals surface area contributed by atoms with E-state index in [4.69, 9.17) is 10.7 Å². The van der Waals surface area contributed by atoms with Gasteiger partial charge in [-0.2, -0.15) is 0 Å². The van der Waals surface area contributed by atoms with Gasteiger partial charge in [0, 0.05) is 12.0 Å². The molecule has 3 heteroatoms. The SMILES string of the molecule is NCC1CCC2N=C(C3CC3)NC2C1. The second-order valence-electron chi connectivity index (χ2n) is 5.02. The number of rotatable bonds is 2. The van der Waals surface area contributed by atoms with Crippen LogP contribution in [0.3, 0.4) is 0 Å². The van der Waals surface area contributed by atoms with E-state index >= 15 is 0 Å². The number of aliphatic imine (C=N–C) groups is 1. The number of hydrogen-bond acceptors (Lipinski definition) is 3. The van der Waals surface area contributed by atoms with Crippen molar-refractivity contribution in [3.63, 3.8) is 0 Å². The van der Waals surface area contributed by atoms with Gasteiger partial charge in [0.15, 0.2) is 0 Å². The van der Waals surface area contributed by atoms with Crippen LogP contribution in [-0.4, -0.2) is 24.5 Å². The first-order valence-corrected chi connectivity index (χ1v) is 5.91. The summed E-state index contributed by atoms with van der Waals surface area (Å²) in [5.41, 5.74) is 5.73. The number of hydrogen-bond donors (Lipinski definition) is 2. The van der Waals surface area contributed by atoms with E-state index in [2.05, 4.69) is 5.32 Å². The lowest BCUT2D eigenvalue weighted by Crippen LogP contribution is -2.41. The lowest BCUT2D eigenvalue weighted by molar-refractivity contribution is 0.294. The molecular weight excluding hydrogens is 174 g/mol. The third kappa shape index (κ3) is 1.44. The molecule has 2 aliphatic carbocycles. The number of nitrogens with two attached hydrogens (primary N) is 1. The highest BCUT2D eigenvalue weighted by Gasteiger charge is 2.39. The van der Waals surface area contributed by atoms with Gasteiger partial charge in [0.25, 0.3) is 0 Å². The Kier molecular flexibility index (Phi) is 2.01. The molecular formula is C11H19N3. The van der Waals surface area contributed by atoms with Crippen LogP contribution >= 0.6 is 0 Å². The van der Waals surface area contributed by atoms with Crippen LogP contribution in [0.2, 0.25) is 0 Å².